The van der Waals surface area contributed by atoms with Gasteiger partial charge in [-0.05, 0) is 40.8 Å². The molecule has 0 unspecified atom stereocenters. The van der Waals surface area contributed by atoms with Gasteiger partial charge in [0.15, 0.2) is 0 Å². The van der Waals surface area contributed by atoms with E-state index < -0.39 is 17.9 Å². The van der Waals surface area contributed by atoms with Crippen molar-refractivity contribution in [2.45, 2.75) is 45.6 Å². The number of carboxylic acid groups (broad SMARTS) is 1. The molecule has 0 saturated carbocycles. The highest BCUT2D eigenvalue weighted by Crippen LogP contribution is 2.25. The fraction of sp³-hybridized carbons (Fsp3) is 0.318. The minimum absolute atomic E-state index is 0.0265. The van der Waals surface area contributed by atoms with Crippen LogP contribution < -0.4 is 15.7 Å². The Balaban J connectivity index is 2.18. The lowest BCUT2D eigenvalue weighted by atomic mass is 9.86. The summed E-state index contributed by atoms with van der Waals surface area (Å²) in [6.45, 7) is 7.67. The highest BCUT2D eigenvalue weighted by Gasteiger charge is 2.18. The third-order valence-corrected chi connectivity index (χ3v) is 4.32. The molecule has 0 fully saturated rings. The van der Waals surface area contributed by atoms with E-state index in [9.17, 15) is 19.5 Å². The molecule has 0 aliphatic carbocycles. The van der Waals surface area contributed by atoms with Crippen molar-refractivity contribution >= 4 is 23.5 Å². The number of hydrogen-bond acceptors (Lipinski definition) is 4. The summed E-state index contributed by atoms with van der Waals surface area (Å²) in [5, 5.41) is 16.5. The maximum atomic E-state index is 12.6. The Labute approximate surface area is 165 Å². The fourth-order valence-corrected chi connectivity index (χ4v) is 2.78. The SMILES string of the molecule is CC(=O)Nc1ccc(C(=O)N[C@@H](CC(=O)[O-])c2ccc(C(C)(C)C)cc2)cc1. The zero-order valence-electron chi connectivity index (χ0n) is 16.5. The summed E-state index contributed by atoms with van der Waals surface area (Å²) < 4.78 is 0. The first-order valence-corrected chi connectivity index (χ1v) is 9.05. The van der Waals surface area contributed by atoms with Gasteiger partial charge >= 0.3 is 0 Å². The predicted molar refractivity (Wildman–Crippen MR) is 106 cm³/mol. The van der Waals surface area contributed by atoms with Crippen molar-refractivity contribution in [3.8, 4) is 0 Å². The van der Waals surface area contributed by atoms with Gasteiger partial charge in [0, 0.05) is 30.6 Å². The molecule has 0 saturated heterocycles. The van der Waals surface area contributed by atoms with Crippen LogP contribution in [0.4, 0.5) is 5.69 Å². The van der Waals surface area contributed by atoms with Crippen molar-refractivity contribution in [2.75, 3.05) is 5.32 Å². The Hall–Kier alpha value is -3.15. The summed E-state index contributed by atoms with van der Waals surface area (Å²) in [4.78, 5) is 34.8. The molecule has 1 atom stereocenters. The molecule has 0 spiro atoms. The van der Waals surface area contributed by atoms with Crippen LogP contribution in [0.15, 0.2) is 48.5 Å². The molecule has 6 nitrogen and oxygen atoms in total. The van der Waals surface area contributed by atoms with Crippen molar-refractivity contribution < 1.29 is 19.5 Å². The standard InChI is InChI=1S/C22H26N2O4/c1-14(25)23-18-11-7-16(8-12-18)21(28)24-19(13-20(26)27)15-5-9-17(10-6-15)22(2,3)4/h5-12,19H,13H2,1-4H3,(H,23,25)(H,24,28)(H,26,27)/p-1/t19-/m0/s1. The molecule has 0 heterocycles. The van der Waals surface area contributed by atoms with Gasteiger partial charge in [0.1, 0.15) is 0 Å². The number of nitrogens with one attached hydrogen (secondary N) is 2. The summed E-state index contributed by atoms with van der Waals surface area (Å²) in [7, 11) is 0. The Morgan fingerprint density at radius 2 is 1.54 bits per heavy atom. The largest absolute Gasteiger partial charge is 0.550 e. The van der Waals surface area contributed by atoms with Crippen LogP contribution in [0.2, 0.25) is 0 Å². The quantitative estimate of drug-likeness (QED) is 0.803. The average Bonchev–Trinajstić information content (AvgIpc) is 2.60. The first-order chi connectivity index (χ1) is 13.1. The lowest BCUT2D eigenvalue weighted by Crippen LogP contribution is -2.34. The molecule has 0 aliphatic rings. The van der Waals surface area contributed by atoms with E-state index in [1.807, 2.05) is 24.3 Å². The first kappa shape index (κ1) is 21.2. The number of carboxylic acids is 1. The van der Waals surface area contributed by atoms with E-state index in [0.29, 0.717) is 16.8 Å². The van der Waals surface area contributed by atoms with Gasteiger partial charge in [-0.3, -0.25) is 9.59 Å². The molecular weight excluding hydrogens is 356 g/mol. The fourth-order valence-electron chi connectivity index (χ4n) is 2.78. The van der Waals surface area contributed by atoms with Crippen LogP contribution in [-0.2, 0) is 15.0 Å². The average molecular weight is 381 g/mol. The molecule has 6 heteroatoms. The van der Waals surface area contributed by atoms with Crippen LogP contribution in [0.5, 0.6) is 0 Å². The molecule has 148 valence electrons. The highest BCUT2D eigenvalue weighted by molar-refractivity contribution is 5.95. The second-order valence-corrected chi connectivity index (χ2v) is 7.73. The Kier molecular flexibility index (Phi) is 6.57. The van der Waals surface area contributed by atoms with Crippen LogP contribution >= 0.6 is 0 Å². The molecular formula is C22H25N2O4-. The van der Waals surface area contributed by atoms with E-state index in [2.05, 4.69) is 31.4 Å². The minimum atomic E-state index is -1.24. The van der Waals surface area contributed by atoms with Crippen LogP contribution in [-0.4, -0.2) is 17.8 Å². The molecule has 2 aromatic rings. The maximum absolute atomic E-state index is 12.6. The lowest BCUT2D eigenvalue weighted by Gasteiger charge is -2.23. The third-order valence-electron chi connectivity index (χ3n) is 4.32. The smallest absolute Gasteiger partial charge is 0.251 e. The molecule has 2 aromatic carbocycles. The Morgan fingerprint density at radius 1 is 0.964 bits per heavy atom. The second kappa shape index (κ2) is 8.69. The van der Waals surface area contributed by atoms with Gasteiger partial charge in [0.05, 0.1) is 6.04 Å². The summed E-state index contributed by atoms with van der Waals surface area (Å²) >= 11 is 0. The van der Waals surface area contributed by atoms with Crippen molar-refractivity contribution in [1.29, 1.82) is 0 Å². The van der Waals surface area contributed by atoms with E-state index in [0.717, 1.165) is 5.56 Å². The van der Waals surface area contributed by atoms with Crippen molar-refractivity contribution in [1.82, 2.24) is 5.32 Å². The Morgan fingerprint density at radius 3 is 2.00 bits per heavy atom. The maximum Gasteiger partial charge on any atom is 0.251 e. The molecule has 0 aliphatic heterocycles. The van der Waals surface area contributed by atoms with E-state index in [1.54, 1.807) is 24.3 Å². The van der Waals surface area contributed by atoms with Crippen molar-refractivity contribution in [2.24, 2.45) is 0 Å². The predicted octanol–water partition coefficient (Wildman–Crippen LogP) is 2.55. The number of hydrogen-bond donors (Lipinski definition) is 2. The zero-order valence-corrected chi connectivity index (χ0v) is 16.5. The zero-order chi connectivity index (χ0) is 20.9. The number of anilines is 1. The number of carbonyl (C=O) groups is 3. The van der Waals surface area contributed by atoms with Gasteiger partial charge < -0.3 is 20.5 Å². The van der Waals surface area contributed by atoms with Crippen LogP contribution in [0, 0.1) is 0 Å². The first-order valence-electron chi connectivity index (χ1n) is 9.05. The van der Waals surface area contributed by atoms with Gasteiger partial charge in [-0.15, -0.1) is 0 Å². The van der Waals surface area contributed by atoms with Gasteiger partial charge in [0.25, 0.3) is 5.91 Å². The number of aliphatic carboxylic acids is 1. The van der Waals surface area contributed by atoms with E-state index in [-0.39, 0.29) is 17.7 Å². The van der Waals surface area contributed by atoms with Gasteiger partial charge in [-0.1, -0.05) is 45.0 Å². The molecule has 2 amide bonds. The molecule has 0 radical (unpaired) electrons. The van der Waals surface area contributed by atoms with Crippen LogP contribution in [0.1, 0.15) is 61.6 Å². The van der Waals surface area contributed by atoms with Gasteiger partial charge in [-0.25, -0.2) is 0 Å². The summed E-state index contributed by atoms with van der Waals surface area (Å²) in [5.41, 5.74) is 2.72. The summed E-state index contributed by atoms with van der Waals surface area (Å²) in [5.74, 6) is -1.85. The normalized spacial score (nSPS) is 12.1. The van der Waals surface area contributed by atoms with Crippen molar-refractivity contribution in [3.05, 3.63) is 65.2 Å². The topological polar surface area (TPSA) is 98.3 Å². The Bertz CT molecular complexity index is 850. The molecule has 0 aromatic heterocycles. The third kappa shape index (κ3) is 5.94. The van der Waals surface area contributed by atoms with Gasteiger partial charge in [-0.2, -0.15) is 0 Å². The lowest BCUT2D eigenvalue weighted by molar-refractivity contribution is -0.306. The molecule has 2 N–H and O–H groups in total. The van der Waals surface area contributed by atoms with E-state index in [4.69, 9.17) is 0 Å². The van der Waals surface area contributed by atoms with Crippen LogP contribution in [0.25, 0.3) is 0 Å². The highest BCUT2D eigenvalue weighted by atomic mass is 16.4. The summed E-state index contributed by atoms with van der Waals surface area (Å²) in [6.07, 6.45) is -0.329. The number of rotatable bonds is 6. The molecule has 28 heavy (non-hydrogen) atoms. The molecule has 0 bridgehead atoms. The van der Waals surface area contributed by atoms with Crippen molar-refractivity contribution in [3.63, 3.8) is 0 Å². The number of benzene rings is 2. The number of amides is 2. The van der Waals surface area contributed by atoms with E-state index in [1.165, 1.54) is 6.92 Å². The monoisotopic (exact) mass is 381 g/mol. The summed E-state index contributed by atoms with van der Waals surface area (Å²) in [6, 6.07) is 13.2. The van der Waals surface area contributed by atoms with Crippen LogP contribution in [0.3, 0.4) is 0 Å². The van der Waals surface area contributed by atoms with E-state index >= 15 is 0 Å². The van der Waals surface area contributed by atoms with Gasteiger partial charge in [0.2, 0.25) is 5.91 Å². The minimum Gasteiger partial charge on any atom is -0.550 e. The number of carbonyl (C=O) groups excluding carboxylic acids is 3. The molecule has 2 rings (SSSR count). The second-order valence-electron chi connectivity index (χ2n) is 7.73.